The van der Waals surface area contributed by atoms with Crippen LogP contribution in [0.15, 0.2) is 36.4 Å². The van der Waals surface area contributed by atoms with Crippen molar-refractivity contribution < 1.29 is 4.79 Å². The number of aryl methyl sites for hydroxylation is 1. The number of rotatable bonds is 5. The standard InChI is InChI=1S/C24H31NO/c1-2-19-4-6-20(7-5-19)21-8-10-22(11-9-21)23-12-15-24(18-26,16-13-23)14-3-17-25/h3-7,14,18,21-23H,2,8-13,15-16H2,1H3/t21-,22-,23-,24+. The molecular weight excluding hydrogens is 318 g/mol. The van der Waals surface area contributed by atoms with E-state index in [1.54, 1.807) is 0 Å². The van der Waals surface area contributed by atoms with Crippen LogP contribution in [-0.4, -0.2) is 6.29 Å². The molecule has 26 heavy (non-hydrogen) atoms. The largest absolute Gasteiger partial charge is 0.302 e. The van der Waals surface area contributed by atoms with E-state index in [9.17, 15) is 4.79 Å². The molecule has 0 heterocycles. The number of nitriles is 1. The molecular formula is C24H31NO. The predicted octanol–water partition coefficient (Wildman–Crippen LogP) is 5.98. The highest BCUT2D eigenvalue weighted by Crippen LogP contribution is 2.46. The zero-order chi connectivity index (χ0) is 18.4. The summed E-state index contributed by atoms with van der Waals surface area (Å²) < 4.78 is 0. The Morgan fingerprint density at radius 3 is 2.19 bits per heavy atom. The molecule has 1 aromatic rings. The summed E-state index contributed by atoms with van der Waals surface area (Å²) >= 11 is 0. The van der Waals surface area contributed by atoms with E-state index in [0.29, 0.717) is 0 Å². The normalized spacial score (nSPS) is 32.2. The van der Waals surface area contributed by atoms with Gasteiger partial charge in [-0.3, -0.25) is 0 Å². The van der Waals surface area contributed by atoms with Crippen molar-refractivity contribution in [2.75, 3.05) is 0 Å². The van der Waals surface area contributed by atoms with E-state index in [0.717, 1.165) is 56.1 Å². The Morgan fingerprint density at radius 2 is 1.65 bits per heavy atom. The third-order valence-corrected chi connectivity index (χ3v) is 6.98. The van der Waals surface area contributed by atoms with Crippen LogP contribution in [0.5, 0.6) is 0 Å². The number of allylic oxidation sites excluding steroid dienone is 2. The van der Waals surface area contributed by atoms with Gasteiger partial charge in [-0.25, -0.2) is 0 Å². The first-order chi connectivity index (χ1) is 12.7. The number of hydrogen-bond donors (Lipinski definition) is 0. The van der Waals surface area contributed by atoms with Crippen molar-refractivity contribution in [1.29, 1.82) is 5.26 Å². The molecule has 2 nitrogen and oxygen atoms in total. The minimum atomic E-state index is -0.371. The highest BCUT2D eigenvalue weighted by atomic mass is 16.1. The van der Waals surface area contributed by atoms with Gasteiger partial charge in [0, 0.05) is 11.5 Å². The molecule has 0 aromatic heterocycles. The molecule has 2 fully saturated rings. The highest BCUT2D eigenvalue weighted by molar-refractivity contribution is 5.63. The van der Waals surface area contributed by atoms with Crippen LogP contribution in [0.25, 0.3) is 0 Å². The van der Waals surface area contributed by atoms with Crippen LogP contribution in [0, 0.1) is 28.6 Å². The zero-order valence-electron chi connectivity index (χ0n) is 16.0. The molecule has 2 heteroatoms. The van der Waals surface area contributed by atoms with Gasteiger partial charge in [0.15, 0.2) is 0 Å². The Kier molecular flexibility index (Phi) is 6.30. The maximum atomic E-state index is 11.6. The van der Waals surface area contributed by atoms with E-state index >= 15 is 0 Å². The summed E-state index contributed by atoms with van der Waals surface area (Å²) in [6.07, 6.45) is 14.9. The van der Waals surface area contributed by atoms with Gasteiger partial charge in [-0.1, -0.05) is 37.3 Å². The number of aldehydes is 1. The van der Waals surface area contributed by atoms with E-state index in [2.05, 4.69) is 31.2 Å². The average Bonchev–Trinajstić information content (AvgIpc) is 2.73. The molecule has 0 N–H and O–H groups in total. The van der Waals surface area contributed by atoms with Crippen LogP contribution in [-0.2, 0) is 11.2 Å². The molecule has 0 atom stereocenters. The van der Waals surface area contributed by atoms with Crippen LogP contribution in [0.4, 0.5) is 0 Å². The van der Waals surface area contributed by atoms with Crippen LogP contribution in [0.3, 0.4) is 0 Å². The number of benzene rings is 1. The molecule has 0 spiro atoms. The second-order valence-corrected chi connectivity index (χ2v) is 8.36. The monoisotopic (exact) mass is 349 g/mol. The van der Waals surface area contributed by atoms with Crippen LogP contribution < -0.4 is 0 Å². The SMILES string of the molecule is CCc1ccc([C@H]2CC[C@H]([C@H]3CC[C@](C=O)(C=CC#N)CC3)CC2)cc1. The summed E-state index contributed by atoms with van der Waals surface area (Å²) in [7, 11) is 0. The van der Waals surface area contributed by atoms with Gasteiger partial charge in [-0.05, 0) is 86.7 Å². The topological polar surface area (TPSA) is 40.9 Å². The lowest BCUT2D eigenvalue weighted by molar-refractivity contribution is -0.116. The van der Waals surface area contributed by atoms with E-state index in [1.165, 1.54) is 42.9 Å². The fourth-order valence-electron chi connectivity index (χ4n) is 5.13. The molecule has 0 bridgehead atoms. The van der Waals surface area contributed by atoms with Crippen molar-refractivity contribution in [3.05, 3.63) is 47.5 Å². The Bertz CT molecular complexity index is 650. The van der Waals surface area contributed by atoms with Gasteiger partial charge in [-0.2, -0.15) is 5.26 Å². The lowest BCUT2D eigenvalue weighted by atomic mass is 9.64. The van der Waals surface area contributed by atoms with Gasteiger partial charge in [0.05, 0.1) is 6.07 Å². The van der Waals surface area contributed by atoms with Crippen LogP contribution in [0.2, 0.25) is 0 Å². The predicted molar refractivity (Wildman–Crippen MR) is 106 cm³/mol. The van der Waals surface area contributed by atoms with E-state index in [-0.39, 0.29) is 5.41 Å². The maximum Gasteiger partial charge on any atom is 0.129 e. The Balaban J connectivity index is 1.52. The molecule has 0 radical (unpaired) electrons. The van der Waals surface area contributed by atoms with Crippen molar-refractivity contribution in [1.82, 2.24) is 0 Å². The summed E-state index contributed by atoms with van der Waals surface area (Å²) in [6, 6.07) is 11.3. The molecule has 0 saturated heterocycles. The molecule has 2 aliphatic rings. The van der Waals surface area contributed by atoms with E-state index in [1.807, 2.05) is 12.1 Å². The van der Waals surface area contributed by atoms with Gasteiger partial charge >= 0.3 is 0 Å². The van der Waals surface area contributed by atoms with Crippen molar-refractivity contribution >= 4 is 6.29 Å². The maximum absolute atomic E-state index is 11.6. The lowest BCUT2D eigenvalue weighted by Gasteiger charge is -2.40. The zero-order valence-corrected chi connectivity index (χ0v) is 16.0. The fraction of sp³-hybridized carbons (Fsp3) is 0.583. The summed E-state index contributed by atoms with van der Waals surface area (Å²) in [4.78, 5) is 11.6. The van der Waals surface area contributed by atoms with Gasteiger partial charge in [0.2, 0.25) is 0 Å². The highest BCUT2D eigenvalue weighted by Gasteiger charge is 2.37. The Morgan fingerprint density at radius 1 is 1.04 bits per heavy atom. The van der Waals surface area contributed by atoms with E-state index < -0.39 is 0 Å². The number of carbonyl (C=O) groups is 1. The second kappa shape index (κ2) is 8.67. The number of carbonyl (C=O) groups excluding carboxylic acids is 1. The smallest absolute Gasteiger partial charge is 0.129 e. The average molecular weight is 350 g/mol. The minimum absolute atomic E-state index is 0.371. The van der Waals surface area contributed by atoms with Gasteiger partial charge in [0.25, 0.3) is 0 Å². The number of nitrogens with zero attached hydrogens (tertiary/aromatic N) is 1. The lowest BCUT2D eigenvalue weighted by Crippen LogP contribution is -2.31. The van der Waals surface area contributed by atoms with Crippen molar-refractivity contribution in [3.63, 3.8) is 0 Å². The molecule has 3 rings (SSSR count). The summed E-state index contributed by atoms with van der Waals surface area (Å²) in [5.41, 5.74) is 2.57. The van der Waals surface area contributed by atoms with Crippen LogP contribution >= 0.6 is 0 Å². The van der Waals surface area contributed by atoms with Gasteiger partial charge in [0.1, 0.15) is 6.29 Å². The summed E-state index contributed by atoms with van der Waals surface area (Å²) in [6.45, 7) is 2.21. The van der Waals surface area contributed by atoms with Crippen LogP contribution in [0.1, 0.15) is 75.3 Å². The quantitative estimate of drug-likeness (QED) is 0.485. The Labute approximate surface area is 158 Å². The van der Waals surface area contributed by atoms with Crippen molar-refractivity contribution in [3.8, 4) is 6.07 Å². The summed E-state index contributed by atoms with van der Waals surface area (Å²) in [5, 5.41) is 8.76. The van der Waals surface area contributed by atoms with Gasteiger partial charge < -0.3 is 4.79 Å². The van der Waals surface area contributed by atoms with Gasteiger partial charge in [-0.15, -0.1) is 0 Å². The molecule has 2 saturated carbocycles. The molecule has 1 aromatic carbocycles. The summed E-state index contributed by atoms with van der Waals surface area (Å²) in [5.74, 6) is 2.32. The number of hydrogen-bond acceptors (Lipinski definition) is 2. The van der Waals surface area contributed by atoms with E-state index in [4.69, 9.17) is 5.26 Å². The fourth-order valence-corrected chi connectivity index (χ4v) is 5.13. The van der Waals surface area contributed by atoms with Crippen molar-refractivity contribution in [2.24, 2.45) is 17.3 Å². The second-order valence-electron chi connectivity index (χ2n) is 8.36. The molecule has 0 amide bonds. The minimum Gasteiger partial charge on any atom is -0.302 e. The molecule has 0 unspecified atom stereocenters. The molecule has 138 valence electrons. The third-order valence-electron chi connectivity index (χ3n) is 6.98. The first-order valence-electron chi connectivity index (χ1n) is 10.3. The third kappa shape index (κ3) is 4.26. The Hall–Kier alpha value is -1.88. The van der Waals surface area contributed by atoms with Crippen molar-refractivity contribution in [2.45, 2.75) is 70.6 Å². The molecule has 2 aliphatic carbocycles. The first kappa shape index (κ1) is 18.9. The molecule has 0 aliphatic heterocycles. The first-order valence-corrected chi connectivity index (χ1v) is 10.3.